The van der Waals surface area contributed by atoms with Crippen molar-refractivity contribution in [3.05, 3.63) is 0 Å². The maximum Gasteiger partial charge on any atom is 0.460 e. The van der Waals surface area contributed by atoms with Crippen LogP contribution in [0.4, 0.5) is 171 Å². The Kier molecular flexibility index (Phi) is 14.0. The van der Waals surface area contributed by atoms with Crippen molar-refractivity contribution in [2.45, 2.75) is 112 Å². The molecule has 0 aromatic carbocycles. The second kappa shape index (κ2) is 14.4. The van der Waals surface area contributed by atoms with E-state index in [1.54, 1.807) is 0 Å². The summed E-state index contributed by atoms with van der Waals surface area (Å²) in [5.41, 5.74) is 0. The van der Waals surface area contributed by atoms with Crippen LogP contribution in [-0.2, 0) is 0 Å². The summed E-state index contributed by atoms with van der Waals surface area (Å²) in [7, 11) is 0. The zero-order valence-corrected chi connectivity index (χ0v) is 29.1. The van der Waals surface area contributed by atoms with Crippen LogP contribution >= 0.6 is 33.2 Å². The maximum absolute atomic E-state index is 14.3. The van der Waals surface area contributed by atoms with Crippen molar-refractivity contribution in [2.75, 3.05) is 0 Å². The smallest absolute Gasteiger partial charge is 0.226 e. The zero-order chi connectivity index (χ0) is 52.0. The summed E-state index contributed by atoms with van der Waals surface area (Å²) >= 11 is 12.2. The number of halogens is 42. The average molecular weight is 1100 g/mol. The van der Waals surface area contributed by atoms with Gasteiger partial charge in [-0.05, 0) is 0 Å². The fourth-order valence-electron chi connectivity index (χ4n) is 3.67. The molecule has 0 rings (SSSR count). The van der Waals surface area contributed by atoms with E-state index in [4.69, 9.17) is 0 Å². The first-order chi connectivity index (χ1) is 25.8. The summed E-state index contributed by atoms with van der Waals surface area (Å²) in [6.45, 7) is 0. The van der Waals surface area contributed by atoms with Gasteiger partial charge in [-0.15, -0.1) is 33.2 Å². The minimum absolute atomic E-state index is 4.06. The summed E-state index contributed by atoms with van der Waals surface area (Å²) in [5, 5.41) is -8.16. The highest BCUT2D eigenvalue weighted by molar-refractivity contribution is 7.65. The molecule has 1 unspecified atom stereocenters. The van der Waals surface area contributed by atoms with Gasteiger partial charge in [-0.1, -0.05) is 0 Å². The fourth-order valence-corrected chi connectivity index (χ4v) is 6.54. The average Bonchev–Trinajstić information content (AvgIpc) is 3.00. The summed E-state index contributed by atoms with van der Waals surface area (Å²) in [6, 6.07) is -7.89. The van der Waals surface area contributed by atoms with E-state index in [9.17, 15) is 171 Å². The highest BCUT2D eigenvalue weighted by atomic mass is 35.8. The van der Waals surface area contributed by atoms with E-state index in [-0.39, 0.29) is 0 Å². The van der Waals surface area contributed by atoms with Crippen molar-refractivity contribution < 1.29 is 171 Å². The van der Waals surface area contributed by atoms with Gasteiger partial charge in [0, 0.05) is 0 Å². The van der Waals surface area contributed by atoms with Crippen molar-refractivity contribution in [3.63, 3.8) is 0 Å². The molecule has 374 valence electrons. The minimum atomic E-state index is -10.6. The third kappa shape index (κ3) is 6.69. The SMILES string of the molecule is FC(F)(F)C(F)(F)C(F)(F)C(F)(F)C(F)(F)C(F)(F)C(F)(F)C(F)(F)C(F)(F)C(F)(F)C(F)(F)C(F)(F)C(F)(F)C(F)(F)C(F)(F)C(F)(F)C(F)(F)C(F)(C(F)(F)F)[Si](Cl)(Cl)Cl. The van der Waals surface area contributed by atoms with Crippen LogP contribution in [0.15, 0.2) is 0 Å². The monoisotopic (exact) mass is 1100 g/mol. The highest BCUT2D eigenvalue weighted by Gasteiger charge is 3.03. The van der Waals surface area contributed by atoms with Gasteiger partial charge in [0.15, 0.2) is 0 Å². The van der Waals surface area contributed by atoms with Crippen LogP contribution in [0.2, 0.25) is 0 Å². The summed E-state index contributed by atoms with van der Waals surface area (Å²) < 4.78 is 531. The molecule has 0 spiro atoms. The molecule has 0 aliphatic rings. The van der Waals surface area contributed by atoms with Crippen LogP contribution in [0.5, 0.6) is 0 Å². The first kappa shape index (κ1) is 60.4. The lowest BCUT2D eigenvalue weighted by Gasteiger charge is -2.48. The van der Waals surface area contributed by atoms with Gasteiger partial charge in [-0.3, -0.25) is 0 Å². The first-order valence-electron chi connectivity index (χ1n) is 12.7. The number of rotatable bonds is 17. The lowest BCUT2D eigenvalue weighted by molar-refractivity contribution is -0.493. The molecule has 62 heavy (non-hydrogen) atoms. The molecular formula is C19Cl3F39Si. The molecule has 0 fully saturated rings. The summed E-state index contributed by atoms with van der Waals surface area (Å²) in [4.78, 5) is 0. The van der Waals surface area contributed by atoms with Crippen LogP contribution in [0.3, 0.4) is 0 Å². The second-order valence-corrected chi connectivity index (χ2v) is 19.9. The van der Waals surface area contributed by atoms with Crippen LogP contribution in [0, 0.1) is 0 Å². The molecule has 0 nitrogen and oxygen atoms in total. The number of alkyl halides is 39. The molecule has 0 bridgehead atoms. The van der Waals surface area contributed by atoms with E-state index >= 15 is 0 Å². The predicted molar refractivity (Wildman–Crippen MR) is 118 cm³/mol. The third-order valence-electron chi connectivity index (χ3n) is 7.49. The van der Waals surface area contributed by atoms with Crippen molar-refractivity contribution in [1.82, 2.24) is 0 Å². The lowest BCUT2D eigenvalue weighted by Crippen LogP contribution is -2.81. The molecule has 0 heterocycles. The molecule has 0 aliphatic heterocycles. The van der Waals surface area contributed by atoms with Crippen LogP contribution in [-0.4, -0.2) is 118 Å². The molecule has 0 aliphatic carbocycles. The van der Waals surface area contributed by atoms with Crippen molar-refractivity contribution >= 4 is 39.2 Å². The van der Waals surface area contributed by atoms with Gasteiger partial charge in [-0.25, -0.2) is 4.39 Å². The molecule has 1 atom stereocenters. The molecule has 0 saturated carbocycles. The Balaban J connectivity index is 8.05. The van der Waals surface area contributed by atoms with Gasteiger partial charge in [0.05, 0.1) is 0 Å². The third-order valence-corrected chi connectivity index (χ3v) is 11.2. The van der Waals surface area contributed by atoms with E-state index in [2.05, 4.69) is 33.2 Å². The van der Waals surface area contributed by atoms with E-state index in [0.29, 0.717) is 0 Å². The first-order valence-corrected chi connectivity index (χ1v) is 17.7. The van der Waals surface area contributed by atoms with Gasteiger partial charge in [0.2, 0.25) is 0 Å². The second-order valence-electron chi connectivity index (χ2n) is 11.3. The normalized spacial score (nSPS) is 18.3. The zero-order valence-electron chi connectivity index (χ0n) is 25.9. The van der Waals surface area contributed by atoms with Crippen molar-refractivity contribution in [2.24, 2.45) is 0 Å². The van der Waals surface area contributed by atoms with Crippen LogP contribution in [0.1, 0.15) is 0 Å². The Morgan fingerprint density at radius 2 is 0.274 bits per heavy atom. The highest BCUT2D eigenvalue weighted by Crippen LogP contribution is 2.71. The Labute approximate surface area is 323 Å². The Hall–Kier alpha value is -1.64. The van der Waals surface area contributed by atoms with Crippen molar-refractivity contribution in [1.29, 1.82) is 0 Å². The predicted octanol–water partition coefficient (Wildman–Crippen LogP) is 14.2. The largest absolute Gasteiger partial charge is 0.460 e. The number of hydrogen-bond acceptors (Lipinski definition) is 0. The standard InChI is InChI=1S/C19Cl3F39Si/c20-62(21,22)17(55,19(59,60)61)15(51,52)13(47,48)11(43,44)9(39,40)7(35,36)5(31,32)3(27,28)1(23,24)2(25,26)4(29,30)6(33,34)8(37,38)10(41,42)12(45,46)14(49,50)16(53,54)18(56,57)58. The molecular weight excluding hydrogens is 1100 g/mol. The van der Waals surface area contributed by atoms with Crippen LogP contribution in [0.25, 0.3) is 0 Å². The topological polar surface area (TPSA) is 0 Å². The molecule has 0 saturated heterocycles. The molecule has 0 aromatic rings. The summed E-state index contributed by atoms with van der Waals surface area (Å²) in [5.74, 6) is -162. The van der Waals surface area contributed by atoms with E-state index in [0.717, 1.165) is 0 Å². The van der Waals surface area contributed by atoms with E-state index < -0.39 is 118 Å². The molecule has 0 amide bonds. The maximum atomic E-state index is 14.3. The molecule has 43 heteroatoms. The van der Waals surface area contributed by atoms with Gasteiger partial charge in [0.1, 0.15) is 0 Å². The lowest BCUT2D eigenvalue weighted by atomic mass is 9.82. The molecule has 0 aromatic heterocycles. The quantitative estimate of drug-likeness (QED) is 0.0774. The van der Waals surface area contributed by atoms with E-state index in [1.807, 2.05) is 0 Å². The van der Waals surface area contributed by atoms with E-state index in [1.165, 1.54) is 0 Å². The van der Waals surface area contributed by atoms with Crippen molar-refractivity contribution in [3.8, 4) is 0 Å². The van der Waals surface area contributed by atoms with Crippen LogP contribution < -0.4 is 0 Å². The Bertz CT molecular complexity index is 1630. The van der Waals surface area contributed by atoms with Gasteiger partial charge in [-0.2, -0.15) is 167 Å². The van der Waals surface area contributed by atoms with Gasteiger partial charge >= 0.3 is 118 Å². The summed E-state index contributed by atoms with van der Waals surface area (Å²) in [6.07, 6.45) is -16.7. The Morgan fingerprint density at radius 3 is 0.371 bits per heavy atom. The molecule has 0 radical (unpaired) electrons. The fraction of sp³-hybridized carbons (Fsp3) is 1.00. The van der Waals surface area contributed by atoms with Gasteiger partial charge in [0.25, 0.3) is 0 Å². The minimum Gasteiger partial charge on any atom is -0.226 e. The van der Waals surface area contributed by atoms with Gasteiger partial charge < -0.3 is 0 Å². The Morgan fingerprint density at radius 1 is 0.161 bits per heavy atom. The number of hydrogen-bond donors (Lipinski definition) is 0. The molecule has 0 N–H and O–H groups in total.